The number of nitrogens with zero attached hydrogens (tertiary/aromatic N) is 1. The Hall–Kier alpha value is -2.60. The van der Waals surface area contributed by atoms with Crippen LogP contribution in [0.1, 0.15) is 17.0 Å². The predicted octanol–water partition coefficient (Wildman–Crippen LogP) is 2.24. The number of imidazole rings is 1. The van der Waals surface area contributed by atoms with Gasteiger partial charge >= 0.3 is 0 Å². The second-order valence-electron chi connectivity index (χ2n) is 4.97. The third-order valence-electron chi connectivity index (χ3n) is 3.44. The minimum absolute atomic E-state index is 0.386. The topological polar surface area (TPSA) is 81.0 Å². The van der Waals surface area contributed by atoms with Crippen LogP contribution < -0.4 is 10.5 Å². The van der Waals surface area contributed by atoms with Crippen LogP contribution in [0.15, 0.2) is 36.4 Å². The van der Waals surface area contributed by atoms with Crippen molar-refractivity contribution in [2.45, 2.75) is 6.92 Å². The number of H-pyrrole nitrogens is 1. The number of methoxy groups -OCH3 is 1. The number of rotatable bonds is 3. The third-order valence-corrected chi connectivity index (χ3v) is 4.02. The Kier molecular flexibility index (Phi) is 3.68. The lowest BCUT2D eigenvalue weighted by atomic mass is 10.1. The molecule has 0 atom stereocenters. The average Bonchev–Trinajstić information content (AvgIpc) is 2.93. The Morgan fingerprint density at radius 2 is 2.09 bits per heavy atom. The molecule has 112 valence electrons. The maximum Gasteiger partial charge on any atom is 0.152 e. The van der Waals surface area contributed by atoms with Crippen molar-refractivity contribution in [1.82, 2.24) is 9.97 Å². The summed E-state index contributed by atoms with van der Waals surface area (Å²) < 4.78 is 16.8. The van der Waals surface area contributed by atoms with Gasteiger partial charge in [-0.15, -0.1) is 0 Å². The van der Waals surface area contributed by atoms with Crippen LogP contribution in [-0.4, -0.2) is 26.2 Å². The number of aromatic nitrogens is 2. The zero-order chi connectivity index (χ0) is 15.7. The van der Waals surface area contributed by atoms with Crippen LogP contribution in [0.25, 0.3) is 11.0 Å². The maximum absolute atomic E-state index is 11.6. The fourth-order valence-corrected chi connectivity index (χ4v) is 2.74. The van der Waals surface area contributed by atoms with E-state index in [1.807, 2.05) is 37.3 Å². The van der Waals surface area contributed by atoms with E-state index in [0.717, 1.165) is 22.3 Å². The highest BCUT2D eigenvalue weighted by molar-refractivity contribution is 7.67. The van der Waals surface area contributed by atoms with Gasteiger partial charge in [0.05, 0.1) is 18.1 Å². The lowest BCUT2D eigenvalue weighted by molar-refractivity contribution is 0.415. The number of aromatic amines is 1. The van der Waals surface area contributed by atoms with Crippen LogP contribution >= 0.6 is 0 Å². The molecule has 6 heteroatoms. The highest BCUT2D eigenvalue weighted by Gasteiger charge is 2.15. The van der Waals surface area contributed by atoms with Gasteiger partial charge in [-0.3, -0.25) is 0 Å². The normalized spacial score (nSPS) is 10.6. The summed E-state index contributed by atoms with van der Waals surface area (Å²) in [6.07, 6.45) is 0. The Morgan fingerprint density at radius 1 is 1.27 bits per heavy atom. The molecule has 5 nitrogen and oxygen atoms in total. The summed E-state index contributed by atoms with van der Waals surface area (Å²) in [5.41, 5.74) is 9.89. The number of hydrogen-bond acceptors (Lipinski definition) is 4. The monoisotopic (exact) mass is 313 g/mol. The van der Waals surface area contributed by atoms with Gasteiger partial charge in [-0.1, -0.05) is 11.6 Å². The van der Waals surface area contributed by atoms with Crippen LogP contribution in [0.4, 0.5) is 5.69 Å². The number of nitrogens with one attached hydrogen (secondary N) is 1. The lowest BCUT2D eigenvalue weighted by Crippen LogP contribution is -2.08. The van der Waals surface area contributed by atoms with Gasteiger partial charge in [0.1, 0.15) is 21.9 Å². The maximum atomic E-state index is 11.6. The Morgan fingerprint density at radius 3 is 2.82 bits per heavy atom. The molecule has 0 bridgehead atoms. The van der Waals surface area contributed by atoms with Crippen molar-refractivity contribution < 1.29 is 8.95 Å². The molecule has 0 fully saturated rings. The third kappa shape index (κ3) is 2.48. The zero-order valence-electron chi connectivity index (χ0n) is 12.2. The van der Waals surface area contributed by atoms with Crippen LogP contribution in [0.3, 0.4) is 0 Å². The summed E-state index contributed by atoms with van der Waals surface area (Å²) in [6.45, 7) is 1.96. The van der Waals surface area contributed by atoms with Gasteiger partial charge in [0.25, 0.3) is 0 Å². The molecule has 0 saturated carbocycles. The number of fused-ring (bicyclic) bond motifs is 1. The van der Waals surface area contributed by atoms with Crippen LogP contribution in [0.2, 0.25) is 0 Å². The average molecular weight is 313 g/mol. The first kappa shape index (κ1) is 14.3. The van der Waals surface area contributed by atoms with Crippen LogP contribution in [-0.2, 0) is 11.3 Å². The van der Waals surface area contributed by atoms with E-state index in [2.05, 4.69) is 9.97 Å². The standard InChI is InChI=1S/C16H15N3O2S/c1-9-3-5-12(17)11(7-9)15(22-20)16-18-13-6-4-10(21-2)8-14(13)19-16/h3-8H,17H2,1-2H3,(H,18,19). The van der Waals surface area contributed by atoms with Crippen molar-refractivity contribution in [1.29, 1.82) is 0 Å². The summed E-state index contributed by atoms with van der Waals surface area (Å²) >= 11 is 0.386. The molecular formula is C16H15N3O2S. The van der Waals surface area contributed by atoms with E-state index in [0.29, 0.717) is 33.2 Å². The first-order valence-corrected chi connectivity index (χ1v) is 7.44. The molecule has 0 unspecified atom stereocenters. The molecule has 0 spiro atoms. The molecule has 3 aromatic rings. The molecule has 3 rings (SSSR count). The van der Waals surface area contributed by atoms with Crippen molar-refractivity contribution in [3.8, 4) is 5.75 Å². The summed E-state index contributed by atoms with van der Waals surface area (Å²) in [7, 11) is 1.61. The molecule has 0 amide bonds. The minimum atomic E-state index is 0.386. The Bertz CT molecular complexity index is 911. The quantitative estimate of drug-likeness (QED) is 0.441. The van der Waals surface area contributed by atoms with Gasteiger partial charge in [0.2, 0.25) is 0 Å². The summed E-state index contributed by atoms with van der Waals surface area (Å²) in [6, 6.07) is 11.1. The van der Waals surface area contributed by atoms with Crippen molar-refractivity contribution in [2.24, 2.45) is 0 Å². The molecule has 1 heterocycles. The largest absolute Gasteiger partial charge is 0.497 e. The van der Waals surface area contributed by atoms with E-state index in [4.69, 9.17) is 10.5 Å². The molecular weight excluding hydrogens is 298 g/mol. The molecule has 0 aliphatic rings. The number of nitrogens with two attached hydrogens (primary N) is 1. The van der Waals surface area contributed by atoms with E-state index in [1.54, 1.807) is 13.2 Å². The van der Waals surface area contributed by atoms with Gasteiger partial charge in [0.15, 0.2) is 5.82 Å². The smallest absolute Gasteiger partial charge is 0.152 e. The van der Waals surface area contributed by atoms with Crippen molar-refractivity contribution >= 4 is 32.8 Å². The minimum Gasteiger partial charge on any atom is -0.497 e. The van der Waals surface area contributed by atoms with Crippen molar-refractivity contribution in [2.75, 3.05) is 12.8 Å². The number of benzene rings is 2. The van der Waals surface area contributed by atoms with Crippen LogP contribution in [0, 0.1) is 6.92 Å². The first-order valence-electron chi connectivity index (χ1n) is 6.70. The molecule has 1 aromatic heterocycles. The predicted molar refractivity (Wildman–Crippen MR) is 89.6 cm³/mol. The molecule has 0 aliphatic carbocycles. The first-order chi connectivity index (χ1) is 10.6. The molecule has 3 N–H and O–H groups in total. The van der Waals surface area contributed by atoms with Gasteiger partial charge in [-0.25, -0.2) is 9.19 Å². The molecule has 0 aliphatic heterocycles. The second-order valence-corrected chi connectivity index (χ2v) is 5.55. The fourth-order valence-electron chi connectivity index (χ4n) is 2.30. The SMILES string of the molecule is COc1ccc2nc(C(=S=O)c3cc(C)ccc3N)[nH]c2c1. The molecule has 22 heavy (non-hydrogen) atoms. The van der Waals surface area contributed by atoms with Gasteiger partial charge in [-0.2, -0.15) is 0 Å². The lowest BCUT2D eigenvalue weighted by Gasteiger charge is -2.05. The molecule has 0 saturated heterocycles. The Labute approximate surface area is 131 Å². The second kappa shape index (κ2) is 5.65. The van der Waals surface area contributed by atoms with E-state index in [1.165, 1.54) is 0 Å². The summed E-state index contributed by atoms with van der Waals surface area (Å²) in [5.74, 6) is 1.25. The number of aryl methyl sites for hydroxylation is 1. The van der Waals surface area contributed by atoms with E-state index < -0.39 is 0 Å². The van der Waals surface area contributed by atoms with E-state index >= 15 is 0 Å². The Balaban J connectivity index is 2.15. The summed E-state index contributed by atoms with van der Waals surface area (Å²) in [5, 5.41) is 0. The van der Waals surface area contributed by atoms with Gasteiger partial charge in [-0.05, 0) is 31.2 Å². The highest BCUT2D eigenvalue weighted by atomic mass is 32.1. The zero-order valence-corrected chi connectivity index (χ0v) is 13.0. The van der Waals surface area contributed by atoms with E-state index in [-0.39, 0.29) is 0 Å². The number of nitrogen functional groups attached to an aromatic ring is 1. The highest BCUT2D eigenvalue weighted by Crippen LogP contribution is 2.22. The number of anilines is 1. The van der Waals surface area contributed by atoms with Crippen LogP contribution in [0.5, 0.6) is 5.75 Å². The van der Waals surface area contributed by atoms with Gasteiger partial charge < -0.3 is 15.5 Å². The number of hydrogen-bond donors (Lipinski definition) is 2. The van der Waals surface area contributed by atoms with Crippen molar-refractivity contribution in [3.63, 3.8) is 0 Å². The fraction of sp³-hybridized carbons (Fsp3) is 0.125. The summed E-state index contributed by atoms with van der Waals surface area (Å²) in [4.78, 5) is 8.13. The van der Waals surface area contributed by atoms with Crippen molar-refractivity contribution in [3.05, 3.63) is 53.3 Å². The molecule has 0 radical (unpaired) electrons. The molecule has 2 aromatic carbocycles. The van der Waals surface area contributed by atoms with E-state index in [9.17, 15) is 4.21 Å². The number of ether oxygens (including phenoxy) is 1. The van der Waals surface area contributed by atoms with Gasteiger partial charge in [0, 0.05) is 17.3 Å².